The molecule has 0 fully saturated rings. The largest absolute Gasteiger partial charge is 0.349 e. The molecule has 19 heavy (non-hydrogen) atoms. The monoisotopic (exact) mass is 280 g/mol. The molecular formula is C13H23N5P+. The summed E-state index contributed by atoms with van der Waals surface area (Å²) in [5.74, 6) is 2.12. The Morgan fingerprint density at radius 1 is 1.16 bits per heavy atom. The van der Waals surface area contributed by atoms with Gasteiger partial charge in [-0.05, 0) is 32.7 Å². The number of aliphatic imine (C=N–C) groups is 1. The van der Waals surface area contributed by atoms with Crippen LogP contribution in [0.4, 0.5) is 0 Å². The molecule has 0 radical (unpaired) electrons. The number of aryl methyl sites for hydroxylation is 1. The van der Waals surface area contributed by atoms with E-state index >= 15 is 0 Å². The molecular weight excluding hydrogens is 257 g/mol. The van der Waals surface area contributed by atoms with E-state index in [2.05, 4.69) is 53.3 Å². The van der Waals surface area contributed by atoms with Crippen molar-refractivity contribution in [1.29, 1.82) is 0 Å². The van der Waals surface area contributed by atoms with Gasteiger partial charge in [0, 0.05) is 20.1 Å². The van der Waals surface area contributed by atoms with Crippen LogP contribution in [0, 0.1) is 0 Å². The molecule has 6 heteroatoms. The molecule has 0 bridgehead atoms. The van der Waals surface area contributed by atoms with E-state index in [0.29, 0.717) is 0 Å². The van der Waals surface area contributed by atoms with Crippen LogP contribution in [0.1, 0.15) is 39.1 Å². The van der Waals surface area contributed by atoms with E-state index in [-0.39, 0.29) is 0 Å². The lowest BCUT2D eigenvalue weighted by Gasteiger charge is -2.17. The number of hydrogen-bond donors (Lipinski definition) is 0. The lowest BCUT2D eigenvalue weighted by Crippen LogP contribution is -2.31. The van der Waals surface area contributed by atoms with Gasteiger partial charge in [-0.3, -0.25) is 4.58 Å². The third kappa shape index (κ3) is 2.32. The van der Waals surface area contributed by atoms with Gasteiger partial charge in [0.15, 0.2) is 11.4 Å². The molecule has 0 unspecified atom stereocenters. The summed E-state index contributed by atoms with van der Waals surface area (Å²) >= 11 is 0. The lowest BCUT2D eigenvalue weighted by molar-refractivity contribution is -0.520. The van der Waals surface area contributed by atoms with Crippen molar-refractivity contribution in [2.24, 2.45) is 12.0 Å². The van der Waals surface area contributed by atoms with Gasteiger partial charge < -0.3 is 9.23 Å². The van der Waals surface area contributed by atoms with E-state index in [1.165, 1.54) is 5.69 Å². The Hall–Kier alpha value is -1.22. The summed E-state index contributed by atoms with van der Waals surface area (Å²) in [7, 11) is 3.08. The molecule has 0 atom stereocenters. The maximum Gasteiger partial charge on any atom is 0.349 e. The highest BCUT2D eigenvalue weighted by molar-refractivity contribution is 7.21. The van der Waals surface area contributed by atoms with E-state index in [4.69, 9.17) is 4.99 Å². The van der Waals surface area contributed by atoms with Crippen LogP contribution < -0.4 is 0 Å². The maximum atomic E-state index is 4.88. The molecule has 2 rings (SSSR count). The third-order valence-corrected chi connectivity index (χ3v) is 4.35. The summed E-state index contributed by atoms with van der Waals surface area (Å²) in [6.45, 7) is 12.6. The fourth-order valence-electron chi connectivity index (χ4n) is 2.45. The Morgan fingerprint density at radius 2 is 1.79 bits per heavy atom. The van der Waals surface area contributed by atoms with Crippen LogP contribution in [-0.4, -0.2) is 56.4 Å². The SMILES string of the molecule is CCN(CC)C1=NC(=[N+](CC)CC)c2npn(C)c21. The predicted molar refractivity (Wildman–Crippen MR) is 80.6 cm³/mol. The number of amidine groups is 2. The van der Waals surface area contributed by atoms with Crippen molar-refractivity contribution in [3.8, 4) is 0 Å². The predicted octanol–water partition coefficient (Wildman–Crippen LogP) is 1.90. The number of fused-ring (bicyclic) bond motifs is 1. The zero-order valence-corrected chi connectivity index (χ0v) is 13.4. The van der Waals surface area contributed by atoms with Gasteiger partial charge in [0.2, 0.25) is 0 Å². The first-order valence-corrected chi connectivity index (χ1v) is 7.83. The normalized spacial score (nSPS) is 13.9. The molecule has 0 saturated carbocycles. The molecule has 5 nitrogen and oxygen atoms in total. The van der Waals surface area contributed by atoms with Crippen molar-refractivity contribution in [3.63, 3.8) is 0 Å². The van der Waals surface area contributed by atoms with Crippen LogP contribution in [0.3, 0.4) is 0 Å². The Bertz CT molecular complexity index is 519. The Labute approximate surface area is 116 Å². The standard InChI is InChI=1S/C13H23N5P/c1-6-17(7-2)12-10-11(16(5)19-15-10)13(14-12)18(8-3)9-4/h6-9H2,1-5H3/q+1. The summed E-state index contributed by atoms with van der Waals surface area (Å²) < 4.78 is 9.09. The van der Waals surface area contributed by atoms with E-state index in [9.17, 15) is 0 Å². The molecule has 104 valence electrons. The third-order valence-electron chi connectivity index (χ3n) is 3.59. The van der Waals surface area contributed by atoms with Gasteiger partial charge in [-0.15, -0.1) is 0 Å². The lowest BCUT2D eigenvalue weighted by atomic mass is 10.3. The summed E-state index contributed by atoms with van der Waals surface area (Å²) in [5.41, 5.74) is 2.25. The van der Waals surface area contributed by atoms with Crippen molar-refractivity contribution in [2.45, 2.75) is 27.7 Å². The van der Waals surface area contributed by atoms with Gasteiger partial charge in [0.25, 0.3) is 5.84 Å². The minimum atomic E-state index is 0.966. The molecule has 1 aromatic heterocycles. The molecule has 0 saturated heterocycles. The van der Waals surface area contributed by atoms with E-state index < -0.39 is 0 Å². The van der Waals surface area contributed by atoms with Crippen LogP contribution in [0.5, 0.6) is 0 Å². The van der Waals surface area contributed by atoms with Gasteiger partial charge in [-0.25, -0.2) is 0 Å². The average molecular weight is 280 g/mol. The van der Waals surface area contributed by atoms with Crippen LogP contribution in [0.15, 0.2) is 4.99 Å². The average Bonchev–Trinajstić information content (AvgIpc) is 2.96. The molecule has 0 amide bonds. The summed E-state index contributed by atoms with van der Waals surface area (Å²) in [5, 5.41) is 0. The van der Waals surface area contributed by atoms with Gasteiger partial charge in [0.1, 0.15) is 8.51 Å². The van der Waals surface area contributed by atoms with Gasteiger partial charge in [-0.1, -0.05) is 0 Å². The summed E-state index contributed by atoms with van der Waals surface area (Å²) in [6, 6.07) is 0. The van der Waals surface area contributed by atoms with E-state index in [1.807, 2.05) is 0 Å². The maximum absolute atomic E-state index is 4.88. The molecule has 0 aromatic carbocycles. The summed E-state index contributed by atoms with van der Waals surface area (Å²) in [6.07, 6.45) is 0. The van der Waals surface area contributed by atoms with Crippen LogP contribution >= 0.6 is 8.51 Å². The first kappa shape index (κ1) is 14.2. The van der Waals surface area contributed by atoms with Crippen LogP contribution in [-0.2, 0) is 7.05 Å². The molecule has 1 aliphatic heterocycles. The Balaban J connectivity index is 2.59. The highest BCUT2D eigenvalue weighted by Crippen LogP contribution is 2.23. The molecule has 1 aliphatic rings. The first-order chi connectivity index (χ1) is 9.17. The number of nitrogens with zero attached hydrogens (tertiary/aromatic N) is 5. The van der Waals surface area contributed by atoms with Crippen molar-refractivity contribution in [1.82, 2.24) is 14.0 Å². The van der Waals surface area contributed by atoms with Gasteiger partial charge in [-0.2, -0.15) is 4.75 Å². The van der Waals surface area contributed by atoms with Gasteiger partial charge in [0.05, 0.1) is 13.1 Å². The first-order valence-electron chi connectivity index (χ1n) is 7.03. The fourth-order valence-corrected chi connectivity index (χ4v) is 3.13. The molecule has 0 spiro atoms. The Morgan fingerprint density at radius 3 is 2.32 bits per heavy atom. The molecule has 2 heterocycles. The molecule has 1 aromatic rings. The summed E-state index contributed by atoms with van der Waals surface area (Å²) in [4.78, 5) is 7.18. The highest BCUT2D eigenvalue weighted by atomic mass is 31.1. The second-order valence-corrected chi connectivity index (χ2v) is 5.49. The second kappa shape index (κ2) is 5.83. The fraction of sp³-hybridized carbons (Fsp3) is 0.692. The number of hydrogen-bond acceptors (Lipinski definition) is 2. The molecule has 0 aliphatic carbocycles. The smallest absolute Gasteiger partial charge is 0.335 e. The van der Waals surface area contributed by atoms with E-state index in [0.717, 1.165) is 52.1 Å². The van der Waals surface area contributed by atoms with Crippen molar-refractivity contribution in [3.05, 3.63) is 11.4 Å². The van der Waals surface area contributed by atoms with Gasteiger partial charge >= 0.3 is 5.84 Å². The second-order valence-electron chi connectivity index (χ2n) is 4.51. The van der Waals surface area contributed by atoms with E-state index in [1.54, 1.807) is 0 Å². The minimum Gasteiger partial charge on any atom is -0.335 e. The van der Waals surface area contributed by atoms with Crippen molar-refractivity contribution in [2.75, 3.05) is 26.2 Å². The number of aromatic nitrogens is 2. The van der Waals surface area contributed by atoms with Crippen LogP contribution in [0.25, 0.3) is 0 Å². The van der Waals surface area contributed by atoms with Crippen LogP contribution in [0.2, 0.25) is 0 Å². The number of rotatable bonds is 4. The topological polar surface area (TPSA) is 36.4 Å². The highest BCUT2D eigenvalue weighted by Gasteiger charge is 2.38. The molecule has 0 N–H and O–H groups in total. The van der Waals surface area contributed by atoms with Crippen molar-refractivity contribution >= 4 is 20.2 Å². The zero-order chi connectivity index (χ0) is 14.0. The quantitative estimate of drug-likeness (QED) is 0.790. The van der Waals surface area contributed by atoms with Crippen molar-refractivity contribution < 1.29 is 4.58 Å². The zero-order valence-electron chi connectivity index (χ0n) is 12.5. The minimum absolute atomic E-state index is 0.966. The Kier molecular flexibility index (Phi) is 4.35.